The Morgan fingerprint density at radius 1 is 1.47 bits per heavy atom. The van der Waals surface area contributed by atoms with Gasteiger partial charge in [0.15, 0.2) is 0 Å². The lowest BCUT2D eigenvalue weighted by atomic mass is 10.2. The number of rotatable bonds is 2. The number of phenolic OH excluding ortho intramolecular Hbond substituents is 1. The van der Waals surface area contributed by atoms with Crippen LogP contribution in [0.3, 0.4) is 0 Å². The van der Waals surface area contributed by atoms with E-state index in [9.17, 15) is 20.0 Å². The minimum Gasteiger partial charge on any atom is -0.501 e. The summed E-state index contributed by atoms with van der Waals surface area (Å²) in [4.78, 5) is 21.4. The first-order valence-electron chi connectivity index (χ1n) is 5.27. The van der Waals surface area contributed by atoms with E-state index in [1.165, 1.54) is 6.07 Å². The van der Waals surface area contributed by atoms with Crippen LogP contribution in [0.4, 0.5) is 16.2 Å². The molecule has 1 aromatic rings. The summed E-state index contributed by atoms with van der Waals surface area (Å²) < 4.78 is 4.96. The molecule has 1 aromatic carbocycles. The highest BCUT2D eigenvalue weighted by Crippen LogP contribution is 2.37. The predicted molar refractivity (Wildman–Crippen MR) is 69.6 cm³/mol. The minimum atomic E-state index is -0.848. The second-order valence-corrected chi connectivity index (χ2v) is 5.14. The summed E-state index contributed by atoms with van der Waals surface area (Å²) >= 11 is 5.67. The molecule has 0 fully saturated rings. The Kier molecular flexibility index (Phi) is 4.21. The van der Waals surface area contributed by atoms with Gasteiger partial charge in [-0.1, -0.05) is 11.6 Å². The number of aromatic hydroxyl groups is 1. The zero-order valence-electron chi connectivity index (χ0n) is 10.6. The lowest BCUT2D eigenvalue weighted by molar-refractivity contribution is -0.385. The van der Waals surface area contributed by atoms with E-state index < -0.39 is 28.1 Å². The van der Waals surface area contributed by atoms with Gasteiger partial charge in [-0.05, 0) is 26.8 Å². The molecule has 19 heavy (non-hydrogen) atoms. The first-order valence-corrected chi connectivity index (χ1v) is 5.65. The second kappa shape index (κ2) is 5.31. The van der Waals surface area contributed by atoms with E-state index >= 15 is 0 Å². The molecular weight excluding hydrogens is 276 g/mol. The van der Waals surface area contributed by atoms with Gasteiger partial charge in [-0.25, -0.2) is 4.79 Å². The van der Waals surface area contributed by atoms with Crippen LogP contribution in [0.25, 0.3) is 0 Å². The van der Waals surface area contributed by atoms with Crippen LogP contribution in [0, 0.1) is 10.1 Å². The summed E-state index contributed by atoms with van der Waals surface area (Å²) in [6.45, 7) is 4.98. The van der Waals surface area contributed by atoms with Crippen molar-refractivity contribution in [3.8, 4) is 5.75 Å². The maximum absolute atomic E-state index is 11.5. The third kappa shape index (κ3) is 4.29. The molecule has 104 valence electrons. The second-order valence-electron chi connectivity index (χ2n) is 4.71. The highest BCUT2D eigenvalue weighted by atomic mass is 35.5. The number of hydrogen-bond acceptors (Lipinski definition) is 5. The highest BCUT2D eigenvalue weighted by molar-refractivity contribution is 6.31. The molecule has 0 heterocycles. The molecule has 7 nitrogen and oxygen atoms in total. The first-order chi connectivity index (χ1) is 8.60. The summed E-state index contributed by atoms with van der Waals surface area (Å²) in [6.07, 6.45) is -0.848. The molecule has 1 rings (SSSR count). The monoisotopic (exact) mass is 288 g/mol. The number of nitrogens with zero attached hydrogens (tertiary/aromatic N) is 1. The Labute approximate surface area is 114 Å². The Hall–Kier alpha value is -2.02. The molecule has 0 spiro atoms. The third-order valence-electron chi connectivity index (χ3n) is 1.89. The lowest BCUT2D eigenvalue weighted by Crippen LogP contribution is -2.27. The number of anilines is 1. The molecule has 0 unspecified atom stereocenters. The number of halogens is 1. The van der Waals surface area contributed by atoms with Crippen LogP contribution in [0.15, 0.2) is 12.1 Å². The van der Waals surface area contributed by atoms with E-state index in [0.717, 1.165) is 6.07 Å². The number of nitro benzene ring substituents is 1. The summed E-state index contributed by atoms with van der Waals surface area (Å²) in [5.74, 6) is -0.680. The van der Waals surface area contributed by atoms with Crippen molar-refractivity contribution < 1.29 is 19.6 Å². The fraction of sp³-hybridized carbons (Fsp3) is 0.364. The minimum absolute atomic E-state index is 0.00978. The maximum Gasteiger partial charge on any atom is 0.412 e. The first kappa shape index (κ1) is 15.0. The molecule has 0 aliphatic heterocycles. The molecule has 1 amide bonds. The Morgan fingerprint density at radius 2 is 2.05 bits per heavy atom. The molecule has 0 saturated carbocycles. The molecule has 0 bridgehead atoms. The molecule has 8 heteroatoms. The van der Waals surface area contributed by atoms with Gasteiger partial charge in [0.05, 0.1) is 10.6 Å². The molecule has 0 atom stereocenters. The van der Waals surface area contributed by atoms with Crippen LogP contribution in [0.5, 0.6) is 5.75 Å². The van der Waals surface area contributed by atoms with Gasteiger partial charge in [-0.3, -0.25) is 15.4 Å². The number of nitro groups is 1. The number of amides is 1. The van der Waals surface area contributed by atoms with Gasteiger partial charge in [-0.2, -0.15) is 0 Å². The largest absolute Gasteiger partial charge is 0.501 e. The van der Waals surface area contributed by atoms with Crippen LogP contribution in [0.1, 0.15) is 20.8 Å². The Bertz CT molecular complexity index is 525. The van der Waals surface area contributed by atoms with E-state index in [4.69, 9.17) is 16.3 Å². The van der Waals surface area contributed by atoms with Crippen LogP contribution in [0.2, 0.25) is 5.02 Å². The fourth-order valence-electron chi connectivity index (χ4n) is 1.23. The highest BCUT2D eigenvalue weighted by Gasteiger charge is 2.22. The molecular formula is C11H13ClN2O5. The number of carbonyl (C=O) groups is 1. The van der Waals surface area contributed by atoms with Crippen LogP contribution in [-0.4, -0.2) is 21.7 Å². The SMILES string of the molecule is CC(C)(C)OC(=O)Nc1cc(Cl)cc([N+](=O)[O-])c1O. The fourth-order valence-corrected chi connectivity index (χ4v) is 1.45. The van der Waals surface area contributed by atoms with Crippen molar-refractivity contribution in [2.75, 3.05) is 5.32 Å². The van der Waals surface area contributed by atoms with E-state index in [-0.39, 0.29) is 10.7 Å². The van der Waals surface area contributed by atoms with E-state index in [1.54, 1.807) is 20.8 Å². The average Bonchev–Trinajstić information content (AvgIpc) is 2.19. The normalized spacial score (nSPS) is 10.9. The number of ether oxygens (including phenoxy) is 1. The van der Waals surface area contributed by atoms with Gasteiger partial charge in [0, 0.05) is 11.1 Å². The molecule has 0 saturated heterocycles. The van der Waals surface area contributed by atoms with Gasteiger partial charge in [-0.15, -0.1) is 0 Å². The summed E-state index contributed by atoms with van der Waals surface area (Å²) in [7, 11) is 0. The van der Waals surface area contributed by atoms with Crippen molar-refractivity contribution in [2.45, 2.75) is 26.4 Å². The summed E-state index contributed by atoms with van der Waals surface area (Å²) in [6, 6.07) is 2.17. The lowest BCUT2D eigenvalue weighted by Gasteiger charge is -2.19. The number of hydrogen-bond donors (Lipinski definition) is 2. The zero-order valence-corrected chi connectivity index (χ0v) is 11.3. The van der Waals surface area contributed by atoms with Crippen molar-refractivity contribution in [3.63, 3.8) is 0 Å². The Balaban J connectivity index is 3.02. The average molecular weight is 289 g/mol. The molecule has 0 aliphatic carbocycles. The van der Waals surface area contributed by atoms with E-state index in [0.29, 0.717) is 0 Å². The van der Waals surface area contributed by atoms with Crippen molar-refractivity contribution in [1.29, 1.82) is 0 Å². The van der Waals surface area contributed by atoms with Crippen molar-refractivity contribution in [1.82, 2.24) is 0 Å². The number of carbonyl (C=O) groups excluding carboxylic acids is 1. The summed E-state index contributed by atoms with van der Waals surface area (Å²) in [5.41, 5.74) is -1.52. The van der Waals surface area contributed by atoms with Gasteiger partial charge in [0.25, 0.3) is 0 Å². The predicted octanol–water partition coefficient (Wildman–Crippen LogP) is 3.30. The maximum atomic E-state index is 11.5. The van der Waals surface area contributed by atoms with Crippen LogP contribution < -0.4 is 5.32 Å². The standard InChI is InChI=1S/C11H13ClN2O5/c1-11(2,3)19-10(16)13-7-4-6(12)5-8(9(7)15)14(17)18/h4-5,15H,1-3H3,(H,13,16). The summed E-state index contributed by atoms with van der Waals surface area (Å²) in [5, 5.41) is 22.6. The number of nitrogens with one attached hydrogen (secondary N) is 1. The Morgan fingerprint density at radius 3 is 2.53 bits per heavy atom. The number of benzene rings is 1. The molecule has 2 N–H and O–H groups in total. The van der Waals surface area contributed by atoms with E-state index in [1.807, 2.05) is 0 Å². The van der Waals surface area contributed by atoms with Crippen molar-refractivity contribution in [3.05, 3.63) is 27.3 Å². The smallest absolute Gasteiger partial charge is 0.412 e. The van der Waals surface area contributed by atoms with Crippen molar-refractivity contribution in [2.24, 2.45) is 0 Å². The quantitative estimate of drug-likeness (QED) is 0.494. The molecule has 0 aromatic heterocycles. The van der Waals surface area contributed by atoms with E-state index in [2.05, 4.69) is 5.32 Å². The topological polar surface area (TPSA) is 102 Å². The zero-order chi connectivity index (χ0) is 14.8. The third-order valence-corrected chi connectivity index (χ3v) is 2.11. The van der Waals surface area contributed by atoms with Gasteiger partial charge < -0.3 is 9.84 Å². The number of phenols is 1. The van der Waals surface area contributed by atoms with Crippen LogP contribution >= 0.6 is 11.6 Å². The molecule has 0 radical (unpaired) electrons. The van der Waals surface area contributed by atoms with Crippen molar-refractivity contribution >= 4 is 29.1 Å². The molecule has 0 aliphatic rings. The van der Waals surface area contributed by atoms with Gasteiger partial charge in [0.2, 0.25) is 5.75 Å². The van der Waals surface area contributed by atoms with Gasteiger partial charge >= 0.3 is 11.8 Å². The van der Waals surface area contributed by atoms with Crippen LogP contribution in [-0.2, 0) is 4.74 Å². The van der Waals surface area contributed by atoms with Gasteiger partial charge in [0.1, 0.15) is 5.60 Å².